The molecule has 376 valence electrons. The van der Waals surface area contributed by atoms with E-state index in [2.05, 4.69) is 288 Å². The number of allylic oxidation sites excluding steroid dienone is 4. The summed E-state index contributed by atoms with van der Waals surface area (Å²) in [6.45, 7) is 0. The molecule has 0 radical (unpaired) electrons. The molecule has 0 saturated carbocycles. The summed E-state index contributed by atoms with van der Waals surface area (Å²) in [4.78, 5) is 0. The van der Waals surface area contributed by atoms with Crippen molar-refractivity contribution in [3.05, 3.63) is 301 Å². The fourth-order valence-corrected chi connectivity index (χ4v) is 14.9. The maximum atomic E-state index is 7.30. The van der Waals surface area contributed by atoms with Gasteiger partial charge in [0.25, 0.3) is 0 Å². The van der Waals surface area contributed by atoms with E-state index in [1.807, 2.05) is 0 Å². The van der Waals surface area contributed by atoms with E-state index in [4.69, 9.17) is 4.42 Å². The topological polar surface area (TPSA) is 23.0 Å². The SMILES string of the molecule is C1=CC2C(c3cccc4c5ccccc5n(-c5ccccc5)c34)c3ccccc3CC2(Cc2cccc3c2oc2cc(-c4c5ccccc5c(-c5cccc6c7ccccc7n(-c7ccccc7)c56)c5ccccc45)ccc23)C=C1. The molecule has 17 rings (SSSR count). The normalized spacial score (nSPS) is 16.9. The zero-order chi connectivity index (χ0) is 52.5. The third-order valence-corrected chi connectivity index (χ3v) is 18.2. The van der Waals surface area contributed by atoms with Crippen LogP contribution in [0.1, 0.15) is 28.2 Å². The van der Waals surface area contributed by atoms with Crippen LogP contribution in [0.3, 0.4) is 0 Å². The van der Waals surface area contributed by atoms with Gasteiger partial charge >= 0.3 is 0 Å². The van der Waals surface area contributed by atoms with Crippen LogP contribution in [-0.2, 0) is 12.8 Å². The van der Waals surface area contributed by atoms with Crippen molar-refractivity contribution in [3.63, 3.8) is 0 Å². The largest absolute Gasteiger partial charge is 0.456 e. The lowest BCUT2D eigenvalue weighted by molar-refractivity contribution is 0.227. The molecule has 3 nitrogen and oxygen atoms in total. The minimum Gasteiger partial charge on any atom is -0.456 e. The van der Waals surface area contributed by atoms with Crippen molar-refractivity contribution in [1.82, 2.24) is 9.13 Å². The highest BCUT2D eigenvalue weighted by atomic mass is 16.3. The third kappa shape index (κ3) is 6.55. The van der Waals surface area contributed by atoms with Crippen LogP contribution in [0.2, 0.25) is 0 Å². The van der Waals surface area contributed by atoms with Gasteiger partial charge in [-0.2, -0.15) is 0 Å². The monoisotopic (exact) mass is 1020 g/mol. The van der Waals surface area contributed by atoms with Gasteiger partial charge in [0.15, 0.2) is 0 Å². The van der Waals surface area contributed by atoms with E-state index in [0.29, 0.717) is 0 Å². The molecule has 80 heavy (non-hydrogen) atoms. The van der Waals surface area contributed by atoms with Crippen LogP contribution in [0.5, 0.6) is 0 Å². The molecule has 3 heteroatoms. The van der Waals surface area contributed by atoms with Gasteiger partial charge in [-0.1, -0.05) is 231 Å². The first-order chi connectivity index (χ1) is 39.7. The van der Waals surface area contributed by atoms with Gasteiger partial charge in [0.2, 0.25) is 0 Å². The number of hydrogen-bond donors (Lipinski definition) is 0. The van der Waals surface area contributed by atoms with Crippen LogP contribution in [0.4, 0.5) is 0 Å². The number of aromatic nitrogens is 2. The fourth-order valence-electron chi connectivity index (χ4n) is 14.9. The molecule has 0 saturated heterocycles. The lowest BCUT2D eigenvalue weighted by atomic mass is 9.55. The molecule has 2 aliphatic rings. The first-order valence-corrected chi connectivity index (χ1v) is 28.2. The summed E-state index contributed by atoms with van der Waals surface area (Å²) in [7, 11) is 0. The molecule has 0 N–H and O–H groups in total. The predicted molar refractivity (Wildman–Crippen MR) is 335 cm³/mol. The zero-order valence-corrected chi connectivity index (χ0v) is 43.9. The Morgan fingerprint density at radius 3 is 1.65 bits per heavy atom. The summed E-state index contributed by atoms with van der Waals surface area (Å²) in [6, 6.07) is 94.4. The van der Waals surface area contributed by atoms with Crippen LogP contribution < -0.4 is 0 Å². The maximum absolute atomic E-state index is 7.30. The summed E-state index contributed by atoms with van der Waals surface area (Å²) >= 11 is 0. The highest BCUT2D eigenvalue weighted by Gasteiger charge is 2.47. The minimum absolute atomic E-state index is 0.104. The third-order valence-electron chi connectivity index (χ3n) is 18.2. The second kappa shape index (κ2) is 17.5. The fraction of sp³-hybridized carbons (Fsp3) is 0.0649. The van der Waals surface area contributed by atoms with Crippen molar-refractivity contribution in [1.29, 1.82) is 0 Å². The number of rotatable bonds is 7. The zero-order valence-electron chi connectivity index (χ0n) is 43.9. The Hall–Kier alpha value is -9.96. The number of furan rings is 1. The quantitative estimate of drug-likeness (QED) is 0.146. The molecule has 0 aliphatic heterocycles. The van der Waals surface area contributed by atoms with Gasteiger partial charge in [0.1, 0.15) is 11.2 Å². The van der Waals surface area contributed by atoms with Gasteiger partial charge in [-0.25, -0.2) is 0 Å². The van der Waals surface area contributed by atoms with Crippen molar-refractivity contribution < 1.29 is 4.42 Å². The number of fused-ring (bicyclic) bond motifs is 13. The Morgan fingerprint density at radius 2 is 0.950 bits per heavy atom. The van der Waals surface area contributed by atoms with Gasteiger partial charge < -0.3 is 13.6 Å². The molecule has 0 spiro atoms. The van der Waals surface area contributed by atoms with E-state index >= 15 is 0 Å². The molecule has 0 amide bonds. The Labute approximate surface area is 463 Å². The van der Waals surface area contributed by atoms with Crippen molar-refractivity contribution in [2.45, 2.75) is 18.8 Å². The van der Waals surface area contributed by atoms with E-state index in [0.717, 1.165) is 46.0 Å². The van der Waals surface area contributed by atoms with Crippen LogP contribution in [0.25, 0.3) is 121 Å². The summed E-state index contributed by atoms with van der Waals surface area (Å²) in [6.07, 6.45) is 11.4. The van der Waals surface area contributed by atoms with E-state index in [9.17, 15) is 0 Å². The molecule has 3 heterocycles. The van der Waals surface area contributed by atoms with Gasteiger partial charge in [-0.3, -0.25) is 0 Å². The molecular formula is C77H52N2O. The summed E-state index contributed by atoms with van der Waals surface area (Å²) < 4.78 is 12.3. The Balaban J connectivity index is 0.820. The maximum Gasteiger partial charge on any atom is 0.138 e. The minimum atomic E-state index is -0.225. The molecule has 0 fully saturated rings. The highest BCUT2D eigenvalue weighted by molar-refractivity contribution is 6.25. The molecular weight excluding hydrogens is 969 g/mol. The van der Waals surface area contributed by atoms with Gasteiger partial charge in [-0.05, 0) is 128 Å². The van der Waals surface area contributed by atoms with Gasteiger partial charge in [-0.15, -0.1) is 0 Å². The van der Waals surface area contributed by atoms with Crippen molar-refractivity contribution in [2.75, 3.05) is 0 Å². The number of para-hydroxylation sites is 7. The van der Waals surface area contributed by atoms with E-state index in [-0.39, 0.29) is 17.3 Å². The van der Waals surface area contributed by atoms with Crippen molar-refractivity contribution in [3.8, 4) is 33.6 Å². The van der Waals surface area contributed by atoms with E-state index in [1.165, 1.54) is 110 Å². The average molecular weight is 1020 g/mol. The number of hydrogen-bond acceptors (Lipinski definition) is 1. The average Bonchev–Trinajstić information content (AvgIpc) is 4.31. The summed E-state index contributed by atoms with van der Waals surface area (Å²) in [5, 5.41) is 12.2. The van der Waals surface area contributed by atoms with Crippen LogP contribution in [0, 0.1) is 11.3 Å². The Kier molecular flexibility index (Phi) is 9.88. The lowest BCUT2D eigenvalue weighted by Crippen LogP contribution is -2.41. The number of nitrogens with zero attached hydrogens (tertiary/aromatic N) is 2. The first-order valence-electron chi connectivity index (χ1n) is 28.2. The van der Waals surface area contributed by atoms with E-state index in [1.54, 1.807) is 0 Å². The van der Waals surface area contributed by atoms with Crippen LogP contribution in [-0.4, -0.2) is 9.13 Å². The molecule has 3 aromatic heterocycles. The number of benzene rings is 12. The molecule has 12 aromatic carbocycles. The Bertz CT molecular complexity index is 5030. The standard InChI is InChI=1S/C77H52N2O/c1-3-24-52(25-4-1)78-68-41-15-13-29-55(68)62-35-20-38-65(74(62)78)72-60-33-11-9-31-58(60)71(59-32-10-12-34-61(59)72)49-43-44-57-64-37-19-23-51(76(64)80-70(57)46-49)48-77-45-18-17-40-67(77)73(54-28-8-7-22-50(54)47-77)66-39-21-36-63-56-30-14-16-42-69(56)79(75(63)66)53-26-5-2-6-27-53/h1-46,67,73H,47-48H2. The van der Waals surface area contributed by atoms with Crippen LogP contribution >= 0.6 is 0 Å². The van der Waals surface area contributed by atoms with Crippen LogP contribution in [0.15, 0.2) is 284 Å². The Morgan fingerprint density at radius 1 is 0.412 bits per heavy atom. The highest BCUT2D eigenvalue weighted by Crippen LogP contribution is 2.57. The lowest BCUT2D eigenvalue weighted by Gasteiger charge is -2.48. The van der Waals surface area contributed by atoms with E-state index < -0.39 is 0 Å². The van der Waals surface area contributed by atoms with Gasteiger partial charge in [0.05, 0.1) is 22.1 Å². The molecule has 3 unspecified atom stereocenters. The predicted octanol–water partition coefficient (Wildman–Crippen LogP) is 20.1. The second-order valence-electron chi connectivity index (χ2n) is 22.3. The van der Waals surface area contributed by atoms with Gasteiger partial charge in [0, 0.05) is 60.6 Å². The second-order valence-corrected chi connectivity index (χ2v) is 22.3. The van der Waals surface area contributed by atoms with Crippen molar-refractivity contribution in [2.24, 2.45) is 11.3 Å². The summed E-state index contributed by atoms with van der Waals surface area (Å²) in [5.41, 5.74) is 19.1. The molecule has 15 aromatic rings. The first kappa shape index (κ1) is 45.1. The summed E-state index contributed by atoms with van der Waals surface area (Å²) in [5.74, 6) is 0.284. The molecule has 2 aliphatic carbocycles. The smallest absolute Gasteiger partial charge is 0.138 e. The van der Waals surface area contributed by atoms with Crippen molar-refractivity contribution >= 4 is 87.1 Å². The molecule has 3 atom stereocenters. The molecule has 0 bridgehead atoms.